The van der Waals surface area contributed by atoms with Crippen LogP contribution in [-0.4, -0.2) is 25.7 Å². The highest BCUT2D eigenvalue weighted by molar-refractivity contribution is 6.36. The Morgan fingerprint density at radius 1 is 1.41 bits per heavy atom. The van der Waals surface area contributed by atoms with Gasteiger partial charge >= 0.3 is 0 Å². The summed E-state index contributed by atoms with van der Waals surface area (Å²) in [4.78, 5) is 11.6. The Labute approximate surface area is 109 Å². The van der Waals surface area contributed by atoms with Crippen molar-refractivity contribution in [2.24, 2.45) is 0 Å². The molecule has 0 saturated carbocycles. The lowest BCUT2D eigenvalue weighted by Gasteiger charge is -2.07. The Bertz CT molecular complexity index is 413. The molecule has 0 heterocycles. The molecule has 0 aliphatic heterocycles. The first-order valence-electron chi connectivity index (χ1n) is 5.06. The third-order valence-corrected chi connectivity index (χ3v) is 2.59. The second kappa shape index (κ2) is 6.79. The van der Waals surface area contributed by atoms with Gasteiger partial charge in [-0.15, -0.1) is 0 Å². The standard InChI is InChI=1S/C11H12Cl2FNO2/c1-2-17-4-3-15-11(16)7-5-10(14)9(13)6-8(7)12/h5-6H,2-4H2,1H3,(H,15,16). The number of halogens is 3. The summed E-state index contributed by atoms with van der Waals surface area (Å²) in [7, 11) is 0. The van der Waals surface area contributed by atoms with Crippen molar-refractivity contribution >= 4 is 29.1 Å². The molecule has 1 N–H and O–H groups in total. The Morgan fingerprint density at radius 2 is 2.12 bits per heavy atom. The van der Waals surface area contributed by atoms with E-state index in [2.05, 4.69) is 5.32 Å². The summed E-state index contributed by atoms with van der Waals surface area (Å²) >= 11 is 11.3. The maximum atomic E-state index is 13.2. The van der Waals surface area contributed by atoms with Crippen LogP contribution in [0.5, 0.6) is 0 Å². The van der Waals surface area contributed by atoms with Gasteiger partial charge in [0, 0.05) is 13.2 Å². The van der Waals surface area contributed by atoms with Crippen LogP contribution in [0.25, 0.3) is 0 Å². The lowest BCUT2D eigenvalue weighted by Crippen LogP contribution is -2.27. The Morgan fingerprint density at radius 3 is 2.76 bits per heavy atom. The highest BCUT2D eigenvalue weighted by Gasteiger charge is 2.13. The van der Waals surface area contributed by atoms with Crippen molar-refractivity contribution in [3.63, 3.8) is 0 Å². The summed E-state index contributed by atoms with van der Waals surface area (Å²) in [5.41, 5.74) is 0.0602. The van der Waals surface area contributed by atoms with Crippen molar-refractivity contribution in [1.29, 1.82) is 0 Å². The second-order valence-corrected chi connectivity index (χ2v) is 4.01. The van der Waals surface area contributed by atoms with Crippen LogP contribution in [0.4, 0.5) is 4.39 Å². The quantitative estimate of drug-likeness (QED) is 0.665. The molecule has 17 heavy (non-hydrogen) atoms. The predicted molar refractivity (Wildman–Crippen MR) is 65.2 cm³/mol. The second-order valence-electron chi connectivity index (χ2n) is 3.20. The van der Waals surface area contributed by atoms with E-state index in [-0.39, 0.29) is 15.6 Å². The van der Waals surface area contributed by atoms with Crippen molar-refractivity contribution < 1.29 is 13.9 Å². The van der Waals surface area contributed by atoms with Crippen molar-refractivity contribution in [3.05, 3.63) is 33.6 Å². The summed E-state index contributed by atoms with van der Waals surface area (Å²) in [5.74, 6) is -1.13. The summed E-state index contributed by atoms with van der Waals surface area (Å²) in [6, 6.07) is 2.22. The molecule has 0 aliphatic carbocycles. The number of hydrogen-bond donors (Lipinski definition) is 1. The number of hydrogen-bond acceptors (Lipinski definition) is 2. The number of carbonyl (C=O) groups is 1. The Balaban J connectivity index is 2.66. The number of ether oxygens (including phenoxy) is 1. The molecule has 1 rings (SSSR count). The van der Waals surface area contributed by atoms with Crippen molar-refractivity contribution in [2.45, 2.75) is 6.92 Å². The molecule has 0 aromatic heterocycles. The fraction of sp³-hybridized carbons (Fsp3) is 0.364. The lowest BCUT2D eigenvalue weighted by atomic mass is 10.2. The SMILES string of the molecule is CCOCCNC(=O)c1cc(F)c(Cl)cc1Cl. The summed E-state index contributed by atoms with van der Waals surface area (Å²) in [6.45, 7) is 3.17. The fourth-order valence-corrected chi connectivity index (χ4v) is 1.64. The third-order valence-electron chi connectivity index (χ3n) is 1.99. The summed E-state index contributed by atoms with van der Waals surface area (Å²) in [6.07, 6.45) is 0. The zero-order chi connectivity index (χ0) is 12.8. The van der Waals surface area contributed by atoms with Gasteiger partial charge in [-0.2, -0.15) is 0 Å². The molecule has 1 aromatic rings. The van der Waals surface area contributed by atoms with Gasteiger partial charge in [-0.05, 0) is 19.1 Å². The maximum Gasteiger partial charge on any atom is 0.252 e. The van der Waals surface area contributed by atoms with E-state index in [4.69, 9.17) is 27.9 Å². The predicted octanol–water partition coefficient (Wildman–Crippen LogP) is 2.90. The highest BCUT2D eigenvalue weighted by Crippen LogP contribution is 2.24. The van der Waals surface area contributed by atoms with Crippen molar-refractivity contribution in [3.8, 4) is 0 Å². The molecular weight excluding hydrogens is 268 g/mol. The van der Waals surface area contributed by atoms with Gasteiger partial charge in [0.05, 0.1) is 22.2 Å². The lowest BCUT2D eigenvalue weighted by molar-refractivity contribution is 0.0922. The molecule has 0 spiro atoms. The van der Waals surface area contributed by atoms with Crippen LogP contribution in [0.1, 0.15) is 17.3 Å². The molecule has 0 saturated heterocycles. The van der Waals surface area contributed by atoms with E-state index in [0.29, 0.717) is 19.8 Å². The van der Waals surface area contributed by atoms with Crippen LogP contribution in [0, 0.1) is 5.82 Å². The van der Waals surface area contributed by atoms with Crippen molar-refractivity contribution in [2.75, 3.05) is 19.8 Å². The molecule has 0 atom stereocenters. The van der Waals surface area contributed by atoms with E-state index in [1.807, 2.05) is 6.92 Å². The molecule has 0 aliphatic rings. The third kappa shape index (κ3) is 4.15. The van der Waals surface area contributed by atoms with Gasteiger partial charge in [-0.3, -0.25) is 4.79 Å². The van der Waals surface area contributed by atoms with Crippen LogP contribution in [-0.2, 0) is 4.74 Å². The molecule has 0 radical (unpaired) electrons. The molecule has 1 aromatic carbocycles. The minimum absolute atomic E-state index is 0.0602. The minimum Gasteiger partial charge on any atom is -0.380 e. The average Bonchev–Trinajstić information content (AvgIpc) is 2.29. The molecule has 0 unspecified atom stereocenters. The van der Waals surface area contributed by atoms with Gasteiger partial charge in [-0.1, -0.05) is 23.2 Å². The van der Waals surface area contributed by atoms with E-state index < -0.39 is 11.7 Å². The first-order valence-corrected chi connectivity index (χ1v) is 5.82. The number of nitrogens with one attached hydrogen (secondary N) is 1. The van der Waals surface area contributed by atoms with Crippen molar-refractivity contribution in [1.82, 2.24) is 5.32 Å². The molecular formula is C11H12Cl2FNO2. The molecule has 0 bridgehead atoms. The summed E-state index contributed by atoms with van der Waals surface area (Å²) in [5, 5.41) is 2.57. The molecule has 6 heteroatoms. The van der Waals surface area contributed by atoms with Crippen LogP contribution in [0.3, 0.4) is 0 Å². The van der Waals surface area contributed by atoms with Crippen LogP contribution >= 0.6 is 23.2 Å². The number of benzene rings is 1. The molecule has 94 valence electrons. The maximum absolute atomic E-state index is 13.2. The van der Waals surface area contributed by atoms with Crippen LogP contribution < -0.4 is 5.32 Å². The highest BCUT2D eigenvalue weighted by atomic mass is 35.5. The average molecular weight is 280 g/mol. The largest absolute Gasteiger partial charge is 0.380 e. The van der Waals surface area contributed by atoms with Gasteiger partial charge in [0.25, 0.3) is 5.91 Å². The van der Waals surface area contributed by atoms with Gasteiger partial charge in [0.2, 0.25) is 0 Å². The zero-order valence-electron chi connectivity index (χ0n) is 9.23. The fourth-order valence-electron chi connectivity index (χ4n) is 1.17. The topological polar surface area (TPSA) is 38.3 Å². The zero-order valence-corrected chi connectivity index (χ0v) is 10.7. The first-order chi connectivity index (χ1) is 8.06. The monoisotopic (exact) mass is 279 g/mol. The van der Waals surface area contributed by atoms with E-state index in [1.165, 1.54) is 6.07 Å². The van der Waals surface area contributed by atoms with E-state index >= 15 is 0 Å². The van der Waals surface area contributed by atoms with E-state index in [1.54, 1.807) is 0 Å². The normalized spacial score (nSPS) is 10.4. The molecule has 1 amide bonds. The number of rotatable bonds is 5. The molecule has 0 fully saturated rings. The van der Waals surface area contributed by atoms with Gasteiger partial charge < -0.3 is 10.1 Å². The Hall–Kier alpha value is -0.840. The van der Waals surface area contributed by atoms with Gasteiger partial charge in [0.15, 0.2) is 0 Å². The number of carbonyl (C=O) groups excluding carboxylic acids is 1. The van der Waals surface area contributed by atoms with Crippen LogP contribution in [0.2, 0.25) is 10.0 Å². The number of amides is 1. The van der Waals surface area contributed by atoms with E-state index in [9.17, 15) is 9.18 Å². The molecule has 3 nitrogen and oxygen atoms in total. The first kappa shape index (κ1) is 14.2. The smallest absolute Gasteiger partial charge is 0.252 e. The Kier molecular flexibility index (Phi) is 5.68. The van der Waals surface area contributed by atoms with E-state index in [0.717, 1.165) is 6.07 Å². The van der Waals surface area contributed by atoms with Gasteiger partial charge in [0.1, 0.15) is 5.82 Å². The summed E-state index contributed by atoms with van der Waals surface area (Å²) < 4.78 is 18.2. The van der Waals surface area contributed by atoms with Crippen LogP contribution in [0.15, 0.2) is 12.1 Å². The minimum atomic E-state index is -0.675. The van der Waals surface area contributed by atoms with Gasteiger partial charge in [-0.25, -0.2) is 4.39 Å².